The Morgan fingerprint density at radius 2 is 2.06 bits per heavy atom. The van der Waals surface area contributed by atoms with Crippen LogP contribution in [-0.2, 0) is 10.0 Å². The van der Waals surface area contributed by atoms with E-state index in [4.69, 9.17) is 5.26 Å². The van der Waals surface area contributed by atoms with E-state index in [2.05, 4.69) is 5.32 Å². The van der Waals surface area contributed by atoms with Gasteiger partial charge in [0.25, 0.3) is 0 Å². The molecule has 1 aliphatic heterocycles. The third-order valence-electron chi connectivity index (χ3n) is 2.95. The lowest BCUT2D eigenvalue weighted by molar-refractivity contribution is 0.310. The lowest BCUT2D eigenvalue weighted by atomic mass is 10.2. The molecule has 1 saturated heterocycles. The molecule has 0 aliphatic carbocycles. The largest absolute Gasteiger partial charge is 0.312 e. The Morgan fingerprint density at radius 1 is 1.39 bits per heavy atom. The smallest absolute Gasteiger partial charge is 0.243 e. The Bertz CT molecular complexity index is 560. The molecule has 0 radical (unpaired) electrons. The van der Waals surface area contributed by atoms with Crippen molar-refractivity contribution < 1.29 is 8.42 Å². The van der Waals surface area contributed by atoms with Gasteiger partial charge in [-0.05, 0) is 31.2 Å². The predicted octanol–water partition coefficient (Wildman–Crippen LogP) is 0.541. The molecule has 2 rings (SSSR count). The highest BCUT2D eigenvalue weighted by molar-refractivity contribution is 7.89. The number of nitrogens with one attached hydrogen (secondary N) is 1. The van der Waals surface area contributed by atoms with Crippen LogP contribution in [0, 0.1) is 11.3 Å². The van der Waals surface area contributed by atoms with Crippen molar-refractivity contribution in [2.75, 3.05) is 19.6 Å². The molecule has 18 heavy (non-hydrogen) atoms. The van der Waals surface area contributed by atoms with Gasteiger partial charge in [0.05, 0.1) is 16.5 Å². The molecule has 0 saturated carbocycles. The minimum absolute atomic E-state index is 0.159. The van der Waals surface area contributed by atoms with E-state index < -0.39 is 10.0 Å². The van der Waals surface area contributed by atoms with Crippen LogP contribution in [0.3, 0.4) is 0 Å². The van der Waals surface area contributed by atoms with E-state index in [0.29, 0.717) is 25.2 Å². The van der Waals surface area contributed by atoms with Gasteiger partial charge in [-0.15, -0.1) is 0 Å². The number of hydrogen-bond donors (Lipinski definition) is 1. The van der Waals surface area contributed by atoms with Crippen molar-refractivity contribution in [3.05, 3.63) is 29.8 Å². The highest BCUT2D eigenvalue weighted by atomic mass is 32.2. The number of benzene rings is 1. The second kappa shape index (κ2) is 5.06. The quantitative estimate of drug-likeness (QED) is 0.847. The Balaban J connectivity index is 2.27. The molecule has 0 bridgehead atoms. The Hall–Kier alpha value is -1.42. The second-order valence-corrected chi connectivity index (χ2v) is 6.29. The van der Waals surface area contributed by atoms with Gasteiger partial charge >= 0.3 is 0 Å². The van der Waals surface area contributed by atoms with Crippen LogP contribution in [0.4, 0.5) is 0 Å². The minimum Gasteiger partial charge on any atom is -0.312 e. The van der Waals surface area contributed by atoms with Crippen LogP contribution in [0.5, 0.6) is 0 Å². The molecular weight excluding hydrogens is 250 g/mol. The molecule has 0 aromatic heterocycles. The lowest BCUT2D eigenvalue weighted by Crippen LogP contribution is -2.51. The summed E-state index contributed by atoms with van der Waals surface area (Å²) >= 11 is 0. The van der Waals surface area contributed by atoms with Gasteiger partial charge in [0.1, 0.15) is 0 Å². The summed E-state index contributed by atoms with van der Waals surface area (Å²) in [7, 11) is -3.44. The average molecular weight is 265 g/mol. The van der Waals surface area contributed by atoms with Crippen LogP contribution in [0.2, 0.25) is 0 Å². The highest BCUT2D eigenvalue weighted by Crippen LogP contribution is 2.17. The minimum atomic E-state index is -3.44. The van der Waals surface area contributed by atoms with E-state index in [1.54, 1.807) is 0 Å². The molecular formula is C12H15N3O2S. The zero-order valence-electron chi connectivity index (χ0n) is 10.1. The number of nitrogens with zero attached hydrogens (tertiary/aromatic N) is 2. The van der Waals surface area contributed by atoms with Crippen LogP contribution in [0.15, 0.2) is 29.2 Å². The van der Waals surface area contributed by atoms with E-state index in [9.17, 15) is 8.42 Å². The van der Waals surface area contributed by atoms with Crippen LogP contribution in [0.1, 0.15) is 12.5 Å². The number of sulfonamides is 1. The molecule has 1 N–H and O–H groups in total. The van der Waals surface area contributed by atoms with Crippen molar-refractivity contribution in [1.82, 2.24) is 9.62 Å². The highest BCUT2D eigenvalue weighted by Gasteiger charge is 2.28. The Morgan fingerprint density at radius 3 is 2.61 bits per heavy atom. The molecule has 0 unspecified atom stereocenters. The van der Waals surface area contributed by atoms with Gasteiger partial charge in [0.2, 0.25) is 10.0 Å². The predicted molar refractivity (Wildman–Crippen MR) is 67.4 cm³/mol. The van der Waals surface area contributed by atoms with E-state index in [0.717, 1.165) is 0 Å². The number of hydrogen-bond acceptors (Lipinski definition) is 4. The SMILES string of the molecule is C[C@H]1CN(S(=O)(=O)c2ccc(C#N)cc2)CCN1. The summed E-state index contributed by atoms with van der Waals surface area (Å²) < 4.78 is 26.2. The molecule has 1 aromatic rings. The fraction of sp³-hybridized carbons (Fsp3) is 0.417. The van der Waals surface area contributed by atoms with Crippen molar-refractivity contribution in [3.63, 3.8) is 0 Å². The Kier molecular flexibility index (Phi) is 3.66. The first kappa shape index (κ1) is 13.0. The van der Waals surface area contributed by atoms with E-state index in [-0.39, 0.29) is 10.9 Å². The van der Waals surface area contributed by atoms with Crippen LogP contribution >= 0.6 is 0 Å². The van der Waals surface area contributed by atoms with Crippen molar-refractivity contribution in [2.24, 2.45) is 0 Å². The summed E-state index contributed by atoms with van der Waals surface area (Å²) in [6.45, 7) is 3.58. The first-order valence-electron chi connectivity index (χ1n) is 5.78. The molecule has 0 spiro atoms. The molecule has 96 valence electrons. The first-order chi connectivity index (χ1) is 8.54. The van der Waals surface area contributed by atoms with Crippen molar-refractivity contribution in [3.8, 4) is 6.07 Å². The molecule has 1 heterocycles. The summed E-state index contributed by atoms with van der Waals surface area (Å²) in [6.07, 6.45) is 0. The van der Waals surface area contributed by atoms with Crippen molar-refractivity contribution in [2.45, 2.75) is 17.9 Å². The maximum absolute atomic E-state index is 12.3. The van der Waals surface area contributed by atoms with E-state index in [1.807, 2.05) is 13.0 Å². The Labute approximate surface area is 107 Å². The molecule has 1 aliphatic rings. The average Bonchev–Trinajstić information content (AvgIpc) is 2.39. The molecule has 1 fully saturated rings. The zero-order valence-corrected chi connectivity index (χ0v) is 10.9. The summed E-state index contributed by atoms with van der Waals surface area (Å²) in [5, 5.41) is 11.9. The zero-order chi connectivity index (χ0) is 13.2. The topological polar surface area (TPSA) is 73.2 Å². The lowest BCUT2D eigenvalue weighted by Gasteiger charge is -2.30. The molecule has 1 aromatic carbocycles. The fourth-order valence-electron chi connectivity index (χ4n) is 1.97. The van der Waals surface area contributed by atoms with Crippen LogP contribution in [-0.4, -0.2) is 38.4 Å². The summed E-state index contributed by atoms with van der Waals surface area (Å²) in [4.78, 5) is 0.246. The summed E-state index contributed by atoms with van der Waals surface area (Å²) in [5.74, 6) is 0. The number of piperazine rings is 1. The van der Waals surface area contributed by atoms with Crippen molar-refractivity contribution in [1.29, 1.82) is 5.26 Å². The second-order valence-electron chi connectivity index (χ2n) is 4.35. The summed E-state index contributed by atoms with van der Waals surface area (Å²) in [5.41, 5.74) is 0.461. The third-order valence-corrected chi connectivity index (χ3v) is 4.83. The standard InChI is InChI=1S/C12H15N3O2S/c1-10-9-15(7-6-14-10)18(16,17)12-4-2-11(8-13)3-5-12/h2-5,10,14H,6-7,9H2,1H3/t10-/m0/s1. The molecule has 6 heteroatoms. The fourth-order valence-corrected chi connectivity index (χ4v) is 3.50. The number of nitriles is 1. The number of rotatable bonds is 2. The van der Waals surface area contributed by atoms with Crippen LogP contribution in [0.25, 0.3) is 0 Å². The van der Waals surface area contributed by atoms with Crippen molar-refractivity contribution >= 4 is 10.0 Å². The first-order valence-corrected chi connectivity index (χ1v) is 7.22. The van der Waals surface area contributed by atoms with E-state index in [1.165, 1.54) is 28.6 Å². The monoisotopic (exact) mass is 265 g/mol. The van der Waals surface area contributed by atoms with Crippen LogP contribution < -0.4 is 5.32 Å². The van der Waals surface area contributed by atoms with Gasteiger partial charge in [-0.3, -0.25) is 0 Å². The molecule has 1 atom stereocenters. The van der Waals surface area contributed by atoms with Gasteiger partial charge in [-0.1, -0.05) is 0 Å². The summed E-state index contributed by atoms with van der Waals surface area (Å²) in [6, 6.07) is 8.16. The van der Waals surface area contributed by atoms with Gasteiger partial charge in [0.15, 0.2) is 0 Å². The van der Waals surface area contributed by atoms with Gasteiger partial charge in [-0.25, -0.2) is 8.42 Å². The molecule has 0 amide bonds. The third kappa shape index (κ3) is 2.53. The van der Waals surface area contributed by atoms with E-state index >= 15 is 0 Å². The normalized spacial score (nSPS) is 21.4. The van der Waals surface area contributed by atoms with Gasteiger partial charge < -0.3 is 5.32 Å². The maximum Gasteiger partial charge on any atom is 0.243 e. The maximum atomic E-state index is 12.3. The van der Waals surface area contributed by atoms with Gasteiger partial charge in [0, 0.05) is 25.7 Å². The molecule has 5 nitrogen and oxygen atoms in total. The van der Waals surface area contributed by atoms with Gasteiger partial charge in [-0.2, -0.15) is 9.57 Å².